The van der Waals surface area contributed by atoms with E-state index in [2.05, 4.69) is 13.2 Å². The van der Waals surface area contributed by atoms with E-state index in [9.17, 15) is 0 Å². The summed E-state index contributed by atoms with van der Waals surface area (Å²) in [6, 6.07) is 0. The lowest BCUT2D eigenvalue weighted by Crippen LogP contribution is -1.85. The van der Waals surface area contributed by atoms with Crippen molar-refractivity contribution in [1.82, 2.24) is 0 Å². The van der Waals surface area contributed by atoms with E-state index in [1.807, 2.05) is 27.7 Å². The fourth-order valence-corrected chi connectivity index (χ4v) is 0.204. The van der Waals surface area contributed by atoms with Gasteiger partial charge in [-0.2, -0.15) is 0 Å². The minimum atomic E-state index is -0.125. The maximum atomic E-state index is 7.62. The summed E-state index contributed by atoms with van der Waals surface area (Å²) in [5.74, 6) is 0. The zero-order valence-electron chi connectivity index (χ0n) is 10.7. The number of rotatable bonds is 3. The Morgan fingerprint density at radius 2 is 1.13 bits per heavy atom. The maximum absolute atomic E-state index is 7.62. The van der Waals surface area contributed by atoms with Gasteiger partial charge in [-0.15, -0.1) is 13.2 Å². The monoisotopic (exact) mass is 220 g/mol. The van der Waals surface area contributed by atoms with Crippen LogP contribution in [0.2, 0.25) is 0 Å². The van der Waals surface area contributed by atoms with Gasteiger partial charge in [0.25, 0.3) is 0 Å². The van der Waals surface area contributed by atoms with Gasteiger partial charge in [-0.1, -0.05) is 12.2 Å². The molecule has 0 saturated carbocycles. The van der Waals surface area contributed by atoms with Crippen molar-refractivity contribution in [3.05, 3.63) is 25.3 Å². The van der Waals surface area contributed by atoms with Crippen molar-refractivity contribution >= 4 is 0 Å². The van der Waals surface area contributed by atoms with Crippen LogP contribution in [0.1, 0.15) is 27.7 Å². The van der Waals surface area contributed by atoms with Crippen molar-refractivity contribution < 1.29 is 14.9 Å². The Balaban J connectivity index is -0.0000000553. The van der Waals surface area contributed by atoms with Crippen LogP contribution in [0.25, 0.3) is 0 Å². The fraction of sp³-hybridized carbons (Fsp3) is 0.667. The molecule has 0 aromatic carbocycles. The Morgan fingerprint density at radius 1 is 0.933 bits per heavy atom. The highest BCUT2D eigenvalue weighted by Crippen LogP contribution is 1.64. The molecule has 0 amide bonds. The van der Waals surface area contributed by atoms with Crippen LogP contribution in [-0.2, 0) is 4.74 Å². The number of aliphatic hydroxyl groups is 2. The summed E-state index contributed by atoms with van der Waals surface area (Å²) in [4.78, 5) is 0. The number of allylic oxidation sites excluding steroid dienone is 2. The first-order valence-electron chi connectivity index (χ1n) is 5.10. The standard InChI is InChI=1S/C4H10O.2C3H6.C2H6O2/c1-3-5-4-2;2*1-3-2;3-1-2-4/h3-4H2,1-2H3;2*3H,1H2,2H3;3-4H,1-2H2. The van der Waals surface area contributed by atoms with Crippen LogP contribution in [0.15, 0.2) is 25.3 Å². The van der Waals surface area contributed by atoms with Crippen molar-refractivity contribution in [3.8, 4) is 0 Å². The third-order valence-corrected chi connectivity index (χ3v) is 0.508. The summed E-state index contributed by atoms with van der Waals surface area (Å²) in [7, 11) is 0. The summed E-state index contributed by atoms with van der Waals surface area (Å²) in [5.41, 5.74) is 0. The smallest absolute Gasteiger partial charge is 0.0662 e. The van der Waals surface area contributed by atoms with Crippen LogP contribution in [0.5, 0.6) is 0 Å². The molecule has 3 heteroatoms. The molecule has 0 radical (unpaired) electrons. The van der Waals surface area contributed by atoms with E-state index in [1.165, 1.54) is 0 Å². The van der Waals surface area contributed by atoms with Crippen LogP contribution in [-0.4, -0.2) is 36.6 Å². The quantitative estimate of drug-likeness (QED) is 0.718. The van der Waals surface area contributed by atoms with Crippen LogP contribution < -0.4 is 0 Å². The van der Waals surface area contributed by atoms with Gasteiger partial charge in [-0.05, 0) is 27.7 Å². The first-order chi connectivity index (χ1) is 7.16. The first kappa shape index (κ1) is 23.9. The Morgan fingerprint density at radius 3 is 1.13 bits per heavy atom. The van der Waals surface area contributed by atoms with Crippen molar-refractivity contribution in [1.29, 1.82) is 0 Å². The lowest BCUT2D eigenvalue weighted by molar-refractivity contribution is 0.162. The van der Waals surface area contributed by atoms with E-state index in [4.69, 9.17) is 14.9 Å². The van der Waals surface area contributed by atoms with E-state index in [1.54, 1.807) is 12.2 Å². The molecule has 0 spiro atoms. The molecule has 0 aromatic heterocycles. The van der Waals surface area contributed by atoms with Crippen molar-refractivity contribution in [2.24, 2.45) is 0 Å². The first-order valence-corrected chi connectivity index (χ1v) is 5.10. The predicted molar refractivity (Wildman–Crippen MR) is 68.1 cm³/mol. The molecule has 0 aliphatic rings. The maximum Gasteiger partial charge on any atom is 0.0662 e. The Hall–Kier alpha value is -0.640. The second-order valence-electron chi connectivity index (χ2n) is 2.05. The molecule has 0 aliphatic carbocycles. The zero-order chi connectivity index (χ0) is 12.9. The second kappa shape index (κ2) is 50.5. The number of hydrogen-bond donors (Lipinski definition) is 2. The summed E-state index contributed by atoms with van der Waals surface area (Å²) in [5, 5.41) is 15.2. The Kier molecular flexibility index (Phi) is 80.3. The number of ether oxygens (including phenoxy) is 1. The molecule has 0 bridgehead atoms. The molecule has 0 heterocycles. The van der Waals surface area contributed by atoms with Crippen LogP contribution in [0, 0.1) is 0 Å². The Labute approximate surface area is 95.1 Å². The van der Waals surface area contributed by atoms with E-state index in [0.29, 0.717) is 0 Å². The SMILES string of the molecule is C=CC.C=CC.CCOCC.OCCO. The van der Waals surface area contributed by atoms with Gasteiger partial charge in [0.05, 0.1) is 13.2 Å². The van der Waals surface area contributed by atoms with Crippen molar-refractivity contribution in [2.75, 3.05) is 26.4 Å². The van der Waals surface area contributed by atoms with Crippen molar-refractivity contribution in [2.45, 2.75) is 27.7 Å². The normalized spacial score (nSPS) is 6.53. The summed E-state index contributed by atoms with van der Waals surface area (Å²) < 4.78 is 4.83. The lowest BCUT2D eigenvalue weighted by Gasteiger charge is -1.86. The van der Waals surface area contributed by atoms with Crippen LogP contribution in [0.3, 0.4) is 0 Å². The van der Waals surface area contributed by atoms with Crippen LogP contribution >= 0.6 is 0 Å². The molecule has 2 N–H and O–H groups in total. The minimum absolute atomic E-state index is 0.125. The molecule has 0 atom stereocenters. The van der Waals surface area contributed by atoms with Gasteiger partial charge in [0.15, 0.2) is 0 Å². The summed E-state index contributed by atoms with van der Waals surface area (Å²) >= 11 is 0. The molecule has 0 rings (SSSR count). The van der Waals surface area contributed by atoms with Gasteiger partial charge < -0.3 is 14.9 Å². The molecule has 0 aliphatic heterocycles. The highest BCUT2D eigenvalue weighted by molar-refractivity contribution is 4.51. The topological polar surface area (TPSA) is 49.7 Å². The third-order valence-electron chi connectivity index (χ3n) is 0.508. The Bertz CT molecular complexity index is 72.9. The van der Waals surface area contributed by atoms with Gasteiger partial charge in [-0.25, -0.2) is 0 Å². The van der Waals surface area contributed by atoms with Gasteiger partial charge in [0, 0.05) is 13.2 Å². The number of aliphatic hydroxyl groups excluding tert-OH is 2. The van der Waals surface area contributed by atoms with Crippen molar-refractivity contribution in [3.63, 3.8) is 0 Å². The van der Waals surface area contributed by atoms with Gasteiger partial charge in [0.1, 0.15) is 0 Å². The summed E-state index contributed by atoms with van der Waals surface area (Å²) in [6.45, 7) is 15.9. The fourth-order valence-electron chi connectivity index (χ4n) is 0.204. The molecule has 0 aromatic rings. The van der Waals surface area contributed by atoms with E-state index in [-0.39, 0.29) is 13.2 Å². The van der Waals surface area contributed by atoms with Gasteiger partial charge in [0.2, 0.25) is 0 Å². The van der Waals surface area contributed by atoms with E-state index < -0.39 is 0 Å². The molecule has 94 valence electrons. The minimum Gasteiger partial charge on any atom is -0.394 e. The third kappa shape index (κ3) is 310. The highest BCUT2D eigenvalue weighted by atomic mass is 16.5. The van der Waals surface area contributed by atoms with Crippen LogP contribution in [0.4, 0.5) is 0 Å². The molecular weight excluding hydrogens is 192 g/mol. The number of hydrogen-bond acceptors (Lipinski definition) is 3. The predicted octanol–water partition coefficient (Wildman–Crippen LogP) is 2.40. The highest BCUT2D eigenvalue weighted by Gasteiger charge is 1.64. The van der Waals surface area contributed by atoms with E-state index in [0.717, 1.165) is 13.2 Å². The van der Waals surface area contributed by atoms with E-state index >= 15 is 0 Å². The molecule has 3 nitrogen and oxygen atoms in total. The van der Waals surface area contributed by atoms with Gasteiger partial charge in [-0.3, -0.25) is 0 Å². The molecule has 0 unspecified atom stereocenters. The zero-order valence-corrected chi connectivity index (χ0v) is 10.7. The molecule has 0 saturated heterocycles. The molecule has 15 heavy (non-hydrogen) atoms. The average Bonchev–Trinajstić information content (AvgIpc) is 2.22. The lowest BCUT2D eigenvalue weighted by atomic mass is 10.8. The average molecular weight is 220 g/mol. The largest absolute Gasteiger partial charge is 0.394 e. The molecule has 0 fully saturated rings. The van der Waals surface area contributed by atoms with Gasteiger partial charge >= 0.3 is 0 Å². The molecular formula is C12H28O3. The second-order valence-corrected chi connectivity index (χ2v) is 2.05. The summed E-state index contributed by atoms with van der Waals surface area (Å²) in [6.07, 6.45) is 3.50.